The molecule has 0 aliphatic carbocycles. The number of amides is 1. The van der Waals surface area contributed by atoms with Crippen molar-refractivity contribution >= 4 is 17.3 Å². The van der Waals surface area contributed by atoms with E-state index in [-0.39, 0.29) is 11.9 Å². The number of aryl methyl sites for hydroxylation is 3. The summed E-state index contributed by atoms with van der Waals surface area (Å²) < 4.78 is 0. The molecule has 0 spiro atoms. The lowest BCUT2D eigenvalue weighted by Crippen LogP contribution is -2.32. The van der Waals surface area contributed by atoms with E-state index < -0.39 is 0 Å². The number of carbonyl (C=O) groups excluding carboxylic acids is 1. The summed E-state index contributed by atoms with van der Waals surface area (Å²) in [4.78, 5) is 12.2. The lowest BCUT2D eigenvalue weighted by molar-refractivity contribution is -0.116. The van der Waals surface area contributed by atoms with Crippen molar-refractivity contribution in [1.29, 1.82) is 0 Å². The maximum atomic E-state index is 12.2. The predicted octanol–water partition coefficient (Wildman–Crippen LogP) is 4.05. The average molecular weight is 282 g/mol. The molecular formula is C18H22N2O. The van der Waals surface area contributed by atoms with Crippen molar-refractivity contribution in [3.05, 3.63) is 59.2 Å². The van der Waals surface area contributed by atoms with Gasteiger partial charge in [-0.05, 0) is 57.0 Å². The van der Waals surface area contributed by atoms with E-state index >= 15 is 0 Å². The summed E-state index contributed by atoms with van der Waals surface area (Å²) in [7, 11) is 0. The molecule has 3 nitrogen and oxygen atoms in total. The van der Waals surface area contributed by atoms with Crippen molar-refractivity contribution in [2.45, 2.75) is 33.7 Å². The molecule has 1 unspecified atom stereocenters. The van der Waals surface area contributed by atoms with Crippen LogP contribution in [0.25, 0.3) is 0 Å². The summed E-state index contributed by atoms with van der Waals surface area (Å²) in [6, 6.07) is 13.7. The molecule has 0 fully saturated rings. The van der Waals surface area contributed by atoms with Crippen LogP contribution in [-0.4, -0.2) is 11.9 Å². The fourth-order valence-corrected chi connectivity index (χ4v) is 2.25. The molecule has 2 rings (SSSR count). The number of rotatable bonds is 4. The Labute approximate surface area is 126 Å². The van der Waals surface area contributed by atoms with E-state index in [4.69, 9.17) is 0 Å². The highest BCUT2D eigenvalue weighted by Gasteiger charge is 2.13. The summed E-state index contributed by atoms with van der Waals surface area (Å²) in [5.74, 6) is -0.0411. The van der Waals surface area contributed by atoms with Gasteiger partial charge < -0.3 is 10.6 Å². The zero-order valence-electron chi connectivity index (χ0n) is 13.0. The van der Waals surface area contributed by atoms with Crippen molar-refractivity contribution in [3.63, 3.8) is 0 Å². The maximum absolute atomic E-state index is 12.2. The van der Waals surface area contributed by atoms with Crippen LogP contribution < -0.4 is 10.6 Å². The van der Waals surface area contributed by atoms with Gasteiger partial charge in [-0.1, -0.05) is 29.8 Å². The van der Waals surface area contributed by atoms with Gasteiger partial charge in [0.15, 0.2) is 0 Å². The van der Waals surface area contributed by atoms with E-state index in [9.17, 15) is 4.79 Å². The fraction of sp³-hybridized carbons (Fsp3) is 0.278. The summed E-state index contributed by atoms with van der Waals surface area (Å²) >= 11 is 0. The first-order valence-corrected chi connectivity index (χ1v) is 7.17. The van der Waals surface area contributed by atoms with Crippen molar-refractivity contribution in [2.24, 2.45) is 0 Å². The number of anilines is 2. The maximum Gasteiger partial charge on any atom is 0.246 e. The van der Waals surface area contributed by atoms with Crippen LogP contribution in [0.3, 0.4) is 0 Å². The topological polar surface area (TPSA) is 41.1 Å². The molecule has 2 aromatic carbocycles. The van der Waals surface area contributed by atoms with Crippen LogP contribution >= 0.6 is 0 Å². The highest BCUT2D eigenvalue weighted by Crippen LogP contribution is 2.17. The molecule has 21 heavy (non-hydrogen) atoms. The Hall–Kier alpha value is -2.29. The molecule has 110 valence electrons. The van der Waals surface area contributed by atoms with Gasteiger partial charge in [-0.25, -0.2) is 0 Å². The second kappa shape index (κ2) is 6.44. The molecule has 0 aliphatic rings. The van der Waals surface area contributed by atoms with Gasteiger partial charge in [0.1, 0.15) is 6.04 Å². The Bertz CT molecular complexity index is 649. The molecule has 3 heteroatoms. The van der Waals surface area contributed by atoms with Gasteiger partial charge >= 0.3 is 0 Å². The van der Waals surface area contributed by atoms with Crippen LogP contribution in [0.4, 0.5) is 11.4 Å². The van der Waals surface area contributed by atoms with Crippen LogP contribution in [0.2, 0.25) is 0 Å². The van der Waals surface area contributed by atoms with Crippen LogP contribution in [0.15, 0.2) is 42.5 Å². The second-order valence-electron chi connectivity index (χ2n) is 5.54. The van der Waals surface area contributed by atoms with Crippen molar-refractivity contribution in [1.82, 2.24) is 0 Å². The lowest BCUT2D eigenvalue weighted by atomic mass is 10.1. The Morgan fingerprint density at radius 2 is 1.71 bits per heavy atom. The minimum atomic E-state index is -0.299. The number of carbonyl (C=O) groups is 1. The third-order valence-corrected chi connectivity index (χ3v) is 3.43. The Kier molecular flexibility index (Phi) is 4.63. The third kappa shape index (κ3) is 4.09. The van der Waals surface area contributed by atoms with Gasteiger partial charge in [-0.15, -0.1) is 0 Å². The summed E-state index contributed by atoms with van der Waals surface area (Å²) in [6.45, 7) is 7.97. The summed E-state index contributed by atoms with van der Waals surface area (Å²) in [6.07, 6.45) is 0. The van der Waals surface area contributed by atoms with E-state index in [2.05, 4.69) is 23.6 Å². The van der Waals surface area contributed by atoms with Crippen LogP contribution in [0.5, 0.6) is 0 Å². The normalized spacial score (nSPS) is 11.8. The number of nitrogens with one attached hydrogen (secondary N) is 2. The van der Waals surface area contributed by atoms with Crippen molar-refractivity contribution in [2.75, 3.05) is 10.6 Å². The van der Waals surface area contributed by atoms with Crippen LogP contribution in [-0.2, 0) is 4.79 Å². The Morgan fingerprint density at radius 3 is 2.38 bits per heavy atom. The standard InChI is InChI=1S/C18H22N2O/c1-12-6-5-7-16(11-12)20-18(21)15(4)19-17-9-8-13(2)10-14(17)3/h5-11,15,19H,1-4H3,(H,20,21). The molecule has 0 radical (unpaired) electrons. The quantitative estimate of drug-likeness (QED) is 0.888. The minimum Gasteiger partial charge on any atom is -0.374 e. The van der Waals surface area contributed by atoms with E-state index in [0.29, 0.717) is 0 Å². The van der Waals surface area contributed by atoms with E-state index in [1.165, 1.54) is 5.56 Å². The van der Waals surface area contributed by atoms with Gasteiger partial charge in [0.2, 0.25) is 5.91 Å². The molecule has 1 atom stereocenters. The fourth-order valence-electron chi connectivity index (χ4n) is 2.25. The van der Waals surface area contributed by atoms with Gasteiger partial charge in [0.05, 0.1) is 0 Å². The van der Waals surface area contributed by atoms with Gasteiger partial charge in [-0.2, -0.15) is 0 Å². The molecule has 0 heterocycles. The molecule has 0 saturated heterocycles. The Morgan fingerprint density at radius 1 is 1.00 bits per heavy atom. The molecule has 1 amide bonds. The SMILES string of the molecule is Cc1cccc(NC(=O)C(C)Nc2ccc(C)cc2C)c1. The largest absolute Gasteiger partial charge is 0.374 e. The summed E-state index contributed by atoms with van der Waals surface area (Å²) in [5, 5.41) is 6.19. The molecule has 2 N–H and O–H groups in total. The second-order valence-corrected chi connectivity index (χ2v) is 5.54. The first-order chi connectivity index (χ1) is 9.95. The highest BCUT2D eigenvalue weighted by molar-refractivity contribution is 5.96. The van der Waals surface area contributed by atoms with Crippen LogP contribution in [0.1, 0.15) is 23.6 Å². The smallest absolute Gasteiger partial charge is 0.246 e. The van der Waals surface area contributed by atoms with Gasteiger partial charge in [0, 0.05) is 11.4 Å². The Balaban J connectivity index is 2.02. The van der Waals surface area contributed by atoms with Crippen LogP contribution in [0, 0.1) is 20.8 Å². The van der Waals surface area contributed by atoms with Crippen molar-refractivity contribution in [3.8, 4) is 0 Å². The predicted molar refractivity (Wildman–Crippen MR) is 88.8 cm³/mol. The zero-order valence-corrected chi connectivity index (χ0v) is 13.0. The first kappa shape index (κ1) is 15.1. The van der Waals surface area contributed by atoms with E-state index in [0.717, 1.165) is 22.5 Å². The number of hydrogen-bond acceptors (Lipinski definition) is 2. The van der Waals surface area contributed by atoms with Crippen molar-refractivity contribution < 1.29 is 4.79 Å². The molecular weight excluding hydrogens is 260 g/mol. The molecule has 2 aromatic rings. The van der Waals surface area contributed by atoms with E-state index in [1.807, 2.05) is 57.2 Å². The third-order valence-electron chi connectivity index (χ3n) is 3.43. The minimum absolute atomic E-state index is 0.0411. The van der Waals surface area contributed by atoms with Gasteiger partial charge in [-0.3, -0.25) is 4.79 Å². The first-order valence-electron chi connectivity index (χ1n) is 7.17. The average Bonchev–Trinajstić information content (AvgIpc) is 2.41. The summed E-state index contributed by atoms with van der Waals surface area (Å²) in [5.41, 5.74) is 5.31. The molecule has 0 aromatic heterocycles. The number of benzene rings is 2. The monoisotopic (exact) mass is 282 g/mol. The molecule has 0 bridgehead atoms. The lowest BCUT2D eigenvalue weighted by Gasteiger charge is -2.17. The molecule has 0 saturated carbocycles. The van der Waals surface area contributed by atoms with Gasteiger partial charge in [0.25, 0.3) is 0 Å². The number of hydrogen-bond donors (Lipinski definition) is 2. The zero-order chi connectivity index (χ0) is 15.4. The highest BCUT2D eigenvalue weighted by atomic mass is 16.2. The molecule has 0 aliphatic heterocycles. The van der Waals surface area contributed by atoms with E-state index in [1.54, 1.807) is 0 Å².